The van der Waals surface area contributed by atoms with E-state index in [0.29, 0.717) is 31.9 Å². The minimum atomic E-state index is -0.512. The zero-order valence-electron chi connectivity index (χ0n) is 20.6. The molecule has 9 nitrogen and oxygen atoms in total. The van der Waals surface area contributed by atoms with Crippen LogP contribution in [0.3, 0.4) is 0 Å². The molecule has 4 N–H and O–H groups in total. The summed E-state index contributed by atoms with van der Waals surface area (Å²) in [5.74, 6) is 0.722. The maximum atomic E-state index is 12.4. The molecule has 1 aliphatic rings. The monoisotopic (exact) mass is 476 g/mol. The van der Waals surface area contributed by atoms with Gasteiger partial charge in [0.15, 0.2) is 0 Å². The molecule has 2 amide bonds. The first-order valence-electron chi connectivity index (χ1n) is 11.6. The van der Waals surface area contributed by atoms with Crippen LogP contribution in [0.25, 0.3) is 22.5 Å². The number of carbonyl (C=O) groups is 2. The van der Waals surface area contributed by atoms with Crippen LogP contribution in [-0.4, -0.2) is 58.6 Å². The van der Waals surface area contributed by atoms with Gasteiger partial charge in [0.05, 0.1) is 11.4 Å². The molecule has 0 aliphatic carbocycles. The number of ether oxygens (including phenoxy) is 1. The number of H-pyrrole nitrogens is 1. The first-order valence-corrected chi connectivity index (χ1v) is 11.6. The first-order chi connectivity index (χ1) is 16.6. The fourth-order valence-corrected chi connectivity index (χ4v) is 4.03. The van der Waals surface area contributed by atoms with Crippen LogP contribution in [0.2, 0.25) is 0 Å². The van der Waals surface area contributed by atoms with Crippen LogP contribution in [0.1, 0.15) is 27.7 Å². The highest BCUT2D eigenvalue weighted by atomic mass is 16.6. The van der Waals surface area contributed by atoms with E-state index in [0.717, 1.165) is 34.0 Å². The Hall–Kier alpha value is -4.01. The van der Waals surface area contributed by atoms with Crippen molar-refractivity contribution in [3.63, 3.8) is 0 Å². The van der Waals surface area contributed by atoms with Crippen molar-refractivity contribution in [2.24, 2.45) is 0 Å². The number of pyridine rings is 1. The van der Waals surface area contributed by atoms with Gasteiger partial charge >= 0.3 is 6.09 Å². The second-order valence-corrected chi connectivity index (χ2v) is 9.63. The molecular weight excluding hydrogens is 444 g/mol. The summed E-state index contributed by atoms with van der Waals surface area (Å²) in [6.07, 6.45) is 1.47. The Morgan fingerprint density at radius 1 is 1.06 bits per heavy atom. The Labute approximate surface area is 205 Å². The van der Waals surface area contributed by atoms with E-state index in [2.05, 4.69) is 20.2 Å². The van der Waals surface area contributed by atoms with Crippen molar-refractivity contribution in [3.8, 4) is 22.5 Å². The Bertz CT molecular complexity index is 1220. The summed E-state index contributed by atoms with van der Waals surface area (Å²) in [6.45, 7) is 9.52. The van der Waals surface area contributed by atoms with Gasteiger partial charge in [-0.2, -0.15) is 0 Å². The fraction of sp³-hybridized carbons (Fsp3) is 0.346. The van der Waals surface area contributed by atoms with Gasteiger partial charge in [-0.1, -0.05) is 12.1 Å². The van der Waals surface area contributed by atoms with Gasteiger partial charge in [-0.25, -0.2) is 4.79 Å². The number of rotatable bonds is 4. The summed E-state index contributed by atoms with van der Waals surface area (Å²) in [6, 6.07) is 13.4. The molecule has 9 heteroatoms. The van der Waals surface area contributed by atoms with E-state index >= 15 is 0 Å². The molecule has 0 radical (unpaired) electrons. The molecule has 3 heterocycles. The van der Waals surface area contributed by atoms with Crippen molar-refractivity contribution in [3.05, 3.63) is 48.7 Å². The smallest absolute Gasteiger partial charge is 0.410 e. The average Bonchev–Trinajstić information content (AvgIpc) is 3.19. The quantitative estimate of drug-likeness (QED) is 0.516. The number of anilines is 3. The minimum Gasteiger partial charge on any atom is -0.444 e. The van der Waals surface area contributed by atoms with Gasteiger partial charge in [0.25, 0.3) is 0 Å². The zero-order valence-corrected chi connectivity index (χ0v) is 20.6. The average molecular weight is 477 g/mol. The number of aromatic nitrogens is 2. The van der Waals surface area contributed by atoms with Crippen LogP contribution in [0.5, 0.6) is 0 Å². The molecule has 1 aromatic carbocycles. The number of nitrogens with one attached hydrogen (secondary N) is 2. The lowest BCUT2D eigenvalue weighted by atomic mass is 10.1. The third-order valence-corrected chi connectivity index (χ3v) is 5.62. The lowest BCUT2D eigenvalue weighted by Crippen LogP contribution is -2.50. The number of nitrogens with zero attached hydrogens (tertiary/aromatic N) is 3. The molecule has 35 heavy (non-hydrogen) atoms. The Morgan fingerprint density at radius 3 is 2.49 bits per heavy atom. The third kappa shape index (κ3) is 5.92. The highest BCUT2D eigenvalue weighted by Crippen LogP contribution is 2.32. The SMILES string of the molecule is CC(=O)Nc1cccc(-c2cc(-c3cc(N)c(N4CCN(C(=O)OC(C)(C)C)CC4)[nH]3)ccn2)c1. The van der Waals surface area contributed by atoms with Crippen molar-refractivity contribution in [2.75, 3.05) is 42.1 Å². The van der Waals surface area contributed by atoms with Crippen LogP contribution in [0.4, 0.5) is 22.0 Å². The Morgan fingerprint density at radius 2 is 1.80 bits per heavy atom. The molecule has 1 aliphatic heterocycles. The number of carbonyl (C=O) groups excluding carboxylic acids is 2. The normalized spacial score (nSPS) is 14.1. The Balaban J connectivity index is 1.49. The van der Waals surface area contributed by atoms with Crippen LogP contribution in [0.15, 0.2) is 48.7 Å². The van der Waals surface area contributed by atoms with E-state index in [4.69, 9.17) is 10.5 Å². The standard InChI is InChI=1S/C26H32N6O3/c1-17(33)29-20-7-5-6-18(14-20)22-15-19(8-9-28-22)23-16-21(27)24(30-23)31-10-12-32(13-11-31)25(34)35-26(2,3)4/h5-9,14-16,30H,10-13,27H2,1-4H3,(H,29,33). The third-order valence-electron chi connectivity index (χ3n) is 5.62. The van der Waals surface area contributed by atoms with E-state index in [1.165, 1.54) is 6.92 Å². The summed E-state index contributed by atoms with van der Waals surface area (Å²) < 4.78 is 5.49. The number of benzene rings is 1. The van der Waals surface area contributed by atoms with E-state index in [9.17, 15) is 9.59 Å². The molecule has 1 fully saturated rings. The molecule has 4 rings (SSSR count). The van der Waals surface area contributed by atoms with Crippen LogP contribution >= 0.6 is 0 Å². The summed E-state index contributed by atoms with van der Waals surface area (Å²) in [4.78, 5) is 35.6. The number of nitrogens with two attached hydrogens (primary N) is 1. The lowest BCUT2D eigenvalue weighted by Gasteiger charge is -2.36. The van der Waals surface area contributed by atoms with Gasteiger partial charge in [0.2, 0.25) is 5.91 Å². The van der Waals surface area contributed by atoms with E-state index < -0.39 is 5.60 Å². The molecule has 0 saturated carbocycles. The molecule has 0 bridgehead atoms. The number of aromatic amines is 1. The molecule has 0 atom stereocenters. The first kappa shape index (κ1) is 24.1. The molecule has 2 aromatic heterocycles. The predicted octanol–water partition coefficient (Wildman–Crippen LogP) is 4.34. The molecule has 0 unspecified atom stereocenters. The molecule has 3 aromatic rings. The lowest BCUT2D eigenvalue weighted by molar-refractivity contribution is -0.114. The van der Waals surface area contributed by atoms with Crippen molar-refractivity contribution >= 4 is 29.2 Å². The highest BCUT2D eigenvalue weighted by Gasteiger charge is 2.27. The summed E-state index contributed by atoms with van der Waals surface area (Å²) in [7, 11) is 0. The topological polar surface area (TPSA) is 117 Å². The second-order valence-electron chi connectivity index (χ2n) is 9.63. The summed E-state index contributed by atoms with van der Waals surface area (Å²) in [5.41, 5.74) is 10.7. The number of piperazine rings is 1. The van der Waals surface area contributed by atoms with Gasteiger partial charge in [-0.3, -0.25) is 9.78 Å². The highest BCUT2D eigenvalue weighted by molar-refractivity contribution is 5.89. The number of hydrogen-bond acceptors (Lipinski definition) is 6. The van der Waals surface area contributed by atoms with E-state index in [1.54, 1.807) is 11.1 Å². The Kier molecular flexibility index (Phi) is 6.68. The summed E-state index contributed by atoms with van der Waals surface area (Å²) in [5, 5.41) is 2.80. The number of amides is 2. The van der Waals surface area contributed by atoms with Gasteiger partial charge in [-0.05, 0) is 51.1 Å². The maximum Gasteiger partial charge on any atom is 0.410 e. The molecule has 184 valence electrons. The van der Waals surface area contributed by atoms with E-state index in [-0.39, 0.29) is 12.0 Å². The minimum absolute atomic E-state index is 0.120. The van der Waals surface area contributed by atoms with Crippen LogP contribution in [0, 0.1) is 0 Å². The number of nitrogen functional groups attached to an aromatic ring is 1. The fourth-order valence-electron chi connectivity index (χ4n) is 4.03. The molecule has 1 saturated heterocycles. The molecular formula is C26H32N6O3. The van der Waals surface area contributed by atoms with E-state index in [1.807, 2.05) is 63.2 Å². The van der Waals surface area contributed by atoms with Crippen molar-refractivity contribution in [1.82, 2.24) is 14.9 Å². The van der Waals surface area contributed by atoms with Gasteiger partial charge in [0.1, 0.15) is 11.4 Å². The van der Waals surface area contributed by atoms with Crippen molar-refractivity contribution in [2.45, 2.75) is 33.3 Å². The zero-order chi connectivity index (χ0) is 25.2. The second kappa shape index (κ2) is 9.69. The van der Waals surface area contributed by atoms with Gasteiger partial charge in [-0.15, -0.1) is 0 Å². The van der Waals surface area contributed by atoms with Gasteiger partial charge in [0, 0.05) is 61.8 Å². The maximum absolute atomic E-state index is 12.4. The number of hydrogen-bond donors (Lipinski definition) is 3. The van der Waals surface area contributed by atoms with Gasteiger partial charge < -0.3 is 30.6 Å². The largest absolute Gasteiger partial charge is 0.444 e. The van der Waals surface area contributed by atoms with Crippen molar-refractivity contribution in [1.29, 1.82) is 0 Å². The molecule has 0 spiro atoms. The van der Waals surface area contributed by atoms with Crippen molar-refractivity contribution < 1.29 is 14.3 Å². The van der Waals surface area contributed by atoms with Crippen LogP contribution in [-0.2, 0) is 9.53 Å². The summed E-state index contributed by atoms with van der Waals surface area (Å²) >= 11 is 0. The predicted molar refractivity (Wildman–Crippen MR) is 138 cm³/mol. The van der Waals surface area contributed by atoms with Crippen LogP contribution < -0.4 is 16.0 Å².